The summed E-state index contributed by atoms with van der Waals surface area (Å²) in [5.41, 5.74) is 5.10. The van der Waals surface area contributed by atoms with Crippen molar-refractivity contribution in [1.82, 2.24) is 5.43 Å². The number of rotatable bonds is 6. The van der Waals surface area contributed by atoms with Crippen LogP contribution in [-0.2, 0) is 0 Å². The normalized spacial score (nSPS) is 11.0. The largest absolute Gasteiger partial charge is 0.494 e. The van der Waals surface area contributed by atoms with Gasteiger partial charge in [-0.15, -0.1) is 0 Å². The molecule has 1 N–H and O–H groups in total. The Morgan fingerprint density at radius 2 is 1.96 bits per heavy atom. The molecule has 0 unspecified atom stereocenters. The number of benzene rings is 2. The second-order valence-corrected chi connectivity index (χ2v) is 5.93. The van der Waals surface area contributed by atoms with Crippen molar-refractivity contribution in [2.75, 3.05) is 25.6 Å². The fraction of sp³-hybridized carbons (Fsp3) is 0.200. The molecule has 0 saturated carbocycles. The lowest BCUT2D eigenvalue weighted by molar-refractivity contribution is 0.0929. The Bertz CT molecular complexity index is 927. The van der Waals surface area contributed by atoms with Gasteiger partial charge in [-0.2, -0.15) is 5.10 Å². The van der Waals surface area contributed by atoms with Crippen molar-refractivity contribution in [1.29, 1.82) is 0 Å². The van der Waals surface area contributed by atoms with E-state index in [0.717, 1.165) is 22.4 Å². The molecule has 0 aliphatic rings. The zero-order valence-electron chi connectivity index (χ0n) is 15.0. The maximum absolute atomic E-state index is 12.2. The second kappa shape index (κ2) is 7.74. The Morgan fingerprint density at radius 3 is 2.65 bits per heavy atom. The summed E-state index contributed by atoms with van der Waals surface area (Å²) in [7, 11) is 3.96. The number of fused-ring (bicyclic) bond motifs is 1. The van der Waals surface area contributed by atoms with Gasteiger partial charge < -0.3 is 14.1 Å². The average molecular weight is 351 g/mol. The fourth-order valence-corrected chi connectivity index (χ4v) is 2.47. The number of nitrogens with zero attached hydrogens (tertiary/aromatic N) is 2. The molecule has 3 aromatic rings. The maximum atomic E-state index is 12.2. The van der Waals surface area contributed by atoms with Gasteiger partial charge in [0.2, 0.25) is 0 Å². The van der Waals surface area contributed by atoms with E-state index in [9.17, 15) is 4.79 Å². The molecule has 0 fully saturated rings. The first-order valence-corrected chi connectivity index (χ1v) is 8.34. The van der Waals surface area contributed by atoms with Gasteiger partial charge in [0.15, 0.2) is 5.76 Å². The molecular formula is C20H21N3O3. The first kappa shape index (κ1) is 17.5. The number of ether oxygens (including phenoxy) is 1. The molecule has 2 aromatic carbocycles. The van der Waals surface area contributed by atoms with Crippen LogP contribution in [0.3, 0.4) is 0 Å². The van der Waals surface area contributed by atoms with Gasteiger partial charge in [-0.1, -0.05) is 12.1 Å². The molecule has 0 aliphatic carbocycles. The van der Waals surface area contributed by atoms with Crippen LogP contribution < -0.4 is 15.1 Å². The van der Waals surface area contributed by atoms with Gasteiger partial charge in [0.25, 0.3) is 0 Å². The molecule has 0 saturated heterocycles. The molecule has 1 amide bonds. The van der Waals surface area contributed by atoms with Gasteiger partial charge in [0.1, 0.15) is 11.3 Å². The average Bonchev–Trinajstić information content (AvgIpc) is 3.06. The number of hydrogen-bond donors (Lipinski definition) is 1. The van der Waals surface area contributed by atoms with E-state index in [1.54, 1.807) is 18.3 Å². The highest BCUT2D eigenvalue weighted by molar-refractivity contribution is 5.96. The van der Waals surface area contributed by atoms with Crippen LogP contribution in [0.15, 0.2) is 58.0 Å². The van der Waals surface area contributed by atoms with Crippen molar-refractivity contribution < 1.29 is 13.9 Å². The summed E-state index contributed by atoms with van der Waals surface area (Å²) in [6.07, 6.45) is 1.59. The minimum absolute atomic E-state index is 0.203. The number of carbonyl (C=O) groups excluding carboxylic acids is 1. The van der Waals surface area contributed by atoms with Crippen molar-refractivity contribution in [2.45, 2.75) is 6.92 Å². The zero-order chi connectivity index (χ0) is 18.5. The van der Waals surface area contributed by atoms with Crippen molar-refractivity contribution in [3.8, 4) is 5.75 Å². The Balaban J connectivity index is 1.66. The van der Waals surface area contributed by atoms with Crippen molar-refractivity contribution >= 4 is 28.8 Å². The molecule has 6 nitrogen and oxygen atoms in total. The lowest BCUT2D eigenvalue weighted by atomic mass is 10.2. The molecule has 0 spiro atoms. The Hall–Kier alpha value is -3.28. The van der Waals surface area contributed by atoms with Crippen LogP contribution in [0.4, 0.5) is 5.69 Å². The predicted octanol–water partition coefficient (Wildman–Crippen LogP) is 3.66. The molecule has 0 radical (unpaired) electrons. The lowest BCUT2D eigenvalue weighted by Crippen LogP contribution is -2.16. The van der Waals surface area contributed by atoms with E-state index in [1.807, 2.05) is 62.3 Å². The van der Waals surface area contributed by atoms with Crippen LogP contribution >= 0.6 is 0 Å². The third kappa shape index (κ3) is 4.03. The van der Waals surface area contributed by atoms with Crippen LogP contribution in [0.2, 0.25) is 0 Å². The number of hydrogen-bond acceptors (Lipinski definition) is 5. The van der Waals surface area contributed by atoms with Gasteiger partial charge in [-0.3, -0.25) is 4.79 Å². The Kier molecular flexibility index (Phi) is 5.22. The van der Waals surface area contributed by atoms with Crippen LogP contribution in [-0.4, -0.2) is 32.8 Å². The molecule has 1 aromatic heterocycles. The van der Waals surface area contributed by atoms with E-state index in [1.165, 1.54) is 0 Å². The molecule has 6 heteroatoms. The standard InChI is InChI=1S/C20H21N3O3/c1-4-25-17-9-10-18-15(11-17)12-19(26-18)20(24)22-21-13-14-5-7-16(8-6-14)23(2)3/h5-13H,4H2,1-3H3,(H,22,24)/b21-13+. The third-order valence-electron chi connectivity index (χ3n) is 3.81. The minimum Gasteiger partial charge on any atom is -0.494 e. The van der Waals surface area contributed by atoms with Crippen molar-refractivity contribution in [3.63, 3.8) is 0 Å². The molecule has 0 atom stereocenters. The highest BCUT2D eigenvalue weighted by atomic mass is 16.5. The van der Waals surface area contributed by atoms with Gasteiger partial charge in [0.05, 0.1) is 12.8 Å². The predicted molar refractivity (Wildman–Crippen MR) is 103 cm³/mol. The number of carbonyl (C=O) groups is 1. The number of hydrazone groups is 1. The van der Waals surface area contributed by atoms with E-state index < -0.39 is 5.91 Å². The summed E-state index contributed by atoms with van der Waals surface area (Å²) in [5.74, 6) is 0.543. The number of nitrogens with one attached hydrogen (secondary N) is 1. The van der Waals surface area contributed by atoms with Crippen LogP contribution in [0.5, 0.6) is 5.75 Å². The first-order chi connectivity index (χ1) is 12.6. The summed E-state index contributed by atoms with van der Waals surface area (Å²) >= 11 is 0. The maximum Gasteiger partial charge on any atom is 0.307 e. The molecule has 3 rings (SSSR count). The minimum atomic E-state index is -0.402. The lowest BCUT2D eigenvalue weighted by Gasteiger charge is -2.11. The molecule has 134 valence electrons. The fourth-order valence-electron chi connectivity index (χ4n) is 2.47. The second-order valence-electron chi connectivity index (χ2n) is 5.93. The monoisotopic (exact) mass is 351 g/mol. The third-order valence-corrected chi connectivity index (χ3v) is 3.81. The molecular weight excluding hydrogens is 330 g/mol. The van der Waals surface area contributed by atoms with Gasteiger partial charge in [-0.05, 0) is 48.9 Å². The summed E-state index contributed by atoms with van der Waals surface area (Å²) in [5, 5.41) is 4.80. The summed E-state index contributed by atoms with van der Waals surface area (Å²) in [6.45, 7) is 2.51. The molecule has 26 heavy (non-hydrogen) atoms. The van der Waals surface area contributed by atoms with Crippen molar-refractivity contribution in [2.24, 2.45) is 5.10 Å². The van der Waals surface area contributed by atoms with Crippen molar-refractivity contribution in [3.05, 3.63) is 59.9 Å². The summed E-state index contributed by atoms with van der Waals surface area (Å²) in [6, 6.07) is 14.9. The SMILES string of the molecule is CCOc1ccc2oc(C(=O)N/N=C/c3ccc(N(C)C)cc3)cc2c1. The number of anilines is 1. The number of amides is 1. The first-order valence-electron chi connectivity index (χ1n) is 8.34. The van der Waals surface area contributed by atoms with Crippen LogP contribution in [0.1, 0.15) is 23.0 Å². The van der Waals surface area contributed by atoms with Gasteiger partial charge in [-0.25, -0.2) is 5.43 Å². The number of furan rings is 1. The van der Waals surface area contributed by atoms with Gasteiger partial charge in [0, 0.05) is 25.2 Å². The zero-order valence-corrected chi connectivity index (χ0v) is 15.0. The van der Waals surface area contributed by atoms with E-state index >= 15 is 0 Å². The molecule has 1 heterocycles. The van der Waals surface area contributed by atoms with E-state index in [0.29, 0.717) is 12.2 Å². The molecule has 0 aliphatic heterocycles. The Labute approximate surface area is 152 Å². The smallest absolute Gasteiger partial charge is 0.307 e. The van der Waals surface area contributed by atoms with Crippen LogP contribution in [0.25, 0.3) is 11.0 Å². The van der Waals surface area contributed by atoms with Gasteiger partial charge >= 0.3 is 5.91 Å². The van der Waals surface area contributed by atoms with E-state index in [2.05, 4.69) is 10.5 Å². The Morgan fingerprint density at radius 1 is 1.19 bits per heavy atom. The van der Waals surface area contributed by atoms with E-state index in [-0.39, 0.29) is 5.76 Å². The highest BCUT2D eigenvalue weighted by Gasteiger charge is 2.12. The quantitative estimate of drug-likeness (QED) is 0.544. The molecule has 0 bridgehead atoms. The summed E-state index contributed by atoms with van der Waals surface area (Å²) < 4.78 is 11.0. The van der Waals surface area contributed by atoms with Crippen LogP contribution in [0, 0.1) is 0 Å². The van der Waals surface area contributed by atoms with E-state index in [4.69, 9.17) is 9.15 Å². The highest BCUT2D eigenvalue weighted by Crippen LogP contribution is 2.24. The topological polar surface area (TPSA) is 67.1 Å². The summed E-state index contributed by atoms with van der Waals surface area (Å²) in [4.78, 5) is 14.2.